The first-order valence-electron chi connectivity index (χ1n) is 8.68. The van der Waals surface area contributed by atoms with Crippen LogP contribution in [0.25, 0.3) is 22.6 Å². The number of fused-ring (bicyclic) bond motifs is 1. The van der Waals surface area contributed by atoms with Crippen LogP contribution in [0.2, 0.25) is 0 Å². The summed E-state index contributed by atoms with van der Waals surface area (Å²) in [4.78, 5) is 15.1. The fourth-order valence-electron chi connectivity index (χ4n) is 3.11. The van der Waals surface area contributed by atoms with E-state index < -0.39 is 0 Å². The van der Waals surface area contributed by atoms with Gasteiger partial charge in [-0.2, -0.15) is 0 Å². The molecule has 0 radical (unpaired) electrons. The van der Waals surface area contributed by atoms with Gasteiger partial charge in [-0.1, -0.05) is 19.8 Å². The Morgan fingerprint density at radius 2 is 2.17 bits per heavy atom. The van der Waals surface area contributed by atoms with E-state index in [0.29, 0.717) is 0 Å². The molecule has 0 aromatic carbocycles. The molecule has 1 aliphatic rings. The van der Waals surface area contributed by atoms with Crippen molar-refractivity contribution >= 4 is 22.9 Å². The number of rotatable bonds is 5. The summed E-state index contributed by atoms with van der Waals surface area (Å²) in [6.45, 7) is 2.19. The highest BCUT2D eigenvalue weighted by Gasteiger charge is 2.22. The molecule has 3 aromatic rings. The number of hydrogen-bond acceptors (Lipinski definition) is 4. The molecule has 5 heteroatoms. The van der Waals surface area contributed by atoms with E-state index in [-0.39, 0.29) is 0 Å². The lowest BCUT2D eigenvalue weighted by molar-refractivity contribution is 0.522. The van der Waals surface area contributed by atoms with Gasteiger partial charge in [-0.25, -0.2) is 9.97 Å². The average Bonchev–Trinajstić information content (AvgIpc) is 2.88. The van der Waals surface area contributed by atoms with E-state index in [1.807, 2.05) is 30.4 Å². The number of imidazole rings is 1. The summed E-state index contributed by atoms with van der Waals surface area (Å²) in [6, 6.07) is 4.25. The van der Waals surface area contributed by atoms with Gasteiger partial charge in [0.25, 0.3) is 0 Å². The lowest BCUT2D eigenvalue weighted by Crippen LogP contribution is -2.13. The predicted molar refractivity (Wildman–Crippen MR) is 99.2 cm³/mol. The first-order valence-corrected chi connectivity index (χ1v) is 9.56. The number of nitrogens with zero attached hydrogens (tertiary/aromatic N) is 4. The smallest absolute Gasteiger partial charge is 0.160 e. The van der Waals surface area contributed by atoms with E-state index >= 15 is 0 Å². The summed E-state index contributed by atoms with van der Waals surface area (Å²) in [7, 11) is 2.05. The molecular weight excluding hydrogens is 316 g/mol. The van der Waals surface area contributed by atoms with Crippen LogP contribution in [0.15, 0.2) is 35.6 Å². The van der Waals surface area contributed by atoms with Gasteiger partial charge in [-0.15, -0.1) is 11.8 Å². The maximum atomic E-state index is 4.90. The second-order valence-electron chi connectivity index (χ2n) is 6.47. The van der Waals surface area contributed by atoms with Gasteiger partial charge in [0, 0.05) is 41.3 Å². The van der Waals surface area contributed by atoms with E-state index in [0.717, 1.165) is 35.1 Å². The molecule has 3 aromatic heterocycles. The van der Waals surface area contributed by atoms with Gasteiger partial charge < -0.3 is 4.57 Å². The van der Waals surface area contributed by atoms with Crippen molar-refractivity contribution in [2.24, 2.45) is 7.05 Å². The molecular formula is C19H22N4S. The lowest BCUT2D eigenvalue weighted by atomic mass is 10.00. The van der Waals surface area contributed by atoms with Gasteiger partial charge in [0.2, 0.25) is 0 Å². The standard InChI is InChI=1S/C19H22N4S/c1-3-5-13-10-16-19(21-11-13)23(2)18(22-16)15-8-9-20-12-17(15)24-14-6-4-7-14/h8-12,14H,3-7H2,1-2H3. The van der Waals surface area contributed by atoms with Crippen LogP contribution >= 0.6 is 11.8 Å². The van der Waals surface area contributed by atoms with Crippen LogP contribution in [-0.4, -0.2) is 24.8 Å². The molecule has 0 aliphatic heterocycles. The van der Waals surface area contributed by atoms with E-state index in [1.54, 1.807) is 0 Å². The van der Waals surface area contributed by atoms with Crippen LogP contribution in [0.4, 0.5) is 0 Å². The summed E-state index contributed by atoms with van der Waals surface area (Å²) in [5.74, 6) is 0.982. The third-order valence-electron chi connectivity index (χ3n) is 4.68. The molecule has 0 amide bonds. The van der Waals surface area contributed by atoms with E-state index in [9.17, 15) is 0 Å². The minimum absolute atomic E-state index is 0.733. The summed E-state index contributed by atoms with van der Waals surface area (Å²) in [6.07, 6.45) is 12.0. The van der Waals surface area contributed by atoms with Crippen molar-refractivity contribution in [1.82, 2.24) is 19.5 Å². The zero-order chi connectivity index (χ0) is 16.5. The molecule has 1 saturated carbocycles. The molecule has 24 heavy (non-hydrogen) atoms. The number of pyridine rings is 2. The number of hydrogen-bond donors (Lipinski definition) is 0. The van der Waals surface area contributed by atoms with Gasteiger partial charge >= 0.3 is 0 Å². The molecule has 0 atom stereocenters. The molecule has 0 saturated heterocycles. The van der Waals surface area contributed by atoms with Crippen LogP contribution in [0.5, 0.6) is 0 Å². The molecule has 0 N–H and O–H groups in total. The summed E-state index contributed by atoms with van der Waals surface area (Å²) in [5.41, 5.74) is 4.35. The van der Waals surface area contributed by atoms with E-state index in [1.165, 1.54) is 35.3 Å². The SMILES string of the molecule is CCCc1cnc2c(c1)nc(-c1ccncc1SC1CCC1)n2C. The van der Waals surface area contributed by atoms with E-state index in [4.69, 9.17) is 4.98 Å². The van der Waals surface area contributed by atoms with Gasteiger partial charge in [0.15, 0.2) is 5.65 Å². The Morgan fingerprint density at radius 1 is 1.29 bits per heavy atom. The summed E-state index contributed by atoms with van der Waals surface area (Å²) in [5, 5.41) is 0.733. The van der Waals surface area contributed by atoms with Gasteiger partial charge in [-0.3, -0.25) is 4.98 Å². The largest absolute Gasteiger partial charge is 0.312 e. The van der Waals surface area contributed by atoms with Crippen molar-refractivity contribution < 1.29 is 0 Å². The van der Waals surface area contributed by atoms with Crippen LogP contribution in [-0.2, 0) is 13.5 Å². The van der Waals surface area contributed by atoms with Crippen molar-refractivity contribution in [3.8, 4) is 11.4 Å². The summed E-state index contributed by atoms with van der Waals surface area (Å²) >= 11 is 1.95. The molecule has 4 nitrogen and oxygen atoms in total. The topological polar surface area (TPSA) is 43.6 Å². The van der Waals surface area contributed by atoms with Crippen molar-refractivity contribution in [3.05, 3.63) is 36.3 Å². The van der Waals surface area contributed by atoms with Crippen molar-refractivity contribution in [2.45, 2.75) is 49.2 Å². The van der Waals surface area contributed by atoms with Crippen LogP contribution < -0.4 is 0 Å². The van der Waals surface area contributed by atoms with E-state index in [2.05, 4.69) is 40.6 Å². The normalized spacial score (nSPS) is 14.9. The number of thioether (sulfide) groups is 1. The maximum Gasteiger partial charge on any atom is 0.160 e. The Morgan fingerprint density at radius 3 is 2.92 bits per heavy atom. The van der Waals surface area contributed by atoms with Crippen LogP contribution in [0.3, 0.4) is 0 Å². The van der Waals surface area contributed by atoms with Gasteiger partial charge in [-0.05, 0) is 37.0 Å². The highest BCUT2D eigenvalue weighted by molar-refractivity contribution is 8.00. The number of aryl methyl sites for hydroxylation is 2. The number of aromatic nitrogens is 4. The van der Waals surface area contributed by atoms with Crippen LogP contribution in [0.1, 0.15) is 38.2 Å². The zero-order valence-corrected chi connectivity index (χ0v) is 15.0. The first kappa shape index (κ1) is 15.6. The van der Waals surface area contributed by atoms with Crippen molar-refractivity contribution in [2.75, 3.05) is 0 Å². The maximum absolute atomic E-state index is 4.90. The Bertz CT molecular complexity index is 867. The Kier molecular flexibility index (Phi) is 4.27. The first-order chi connectivity index (χ1) is 11.8. The Labute approximate surface area is 146 Å². The molecule has 1 aliphatic carbocycles. The Balaban J connectivity index is 1.77. The third kappa shape index (κ3) is 2.81. The minimum Gasteiger partial charge on any atom is -0.312 e. The molecule has 4 rings (SSSR count). The predicted octanol–water partition coefficient (Wildman–Crippen LogP) is 4.63. The van der Waals surface area contributed by atoms with Crippen molar-refractivity contribution in [1.29, 1.82) is 0 Å². The van der Waals surface area contributed by atoms with Crippen LogP contribution in [0, 0.1) is 0 Å². The summed E-state index contributed by atoms with van der Waals surface area (Å²) < 4.78 is 2.10. The van der Waals surface area contributed by atoms with Gasteiger partial charge in [0.1, 0.15) is 11.3 Å². The monoisotopic (exact) mass is 338 g/mol. The lowest BCUT2D eigenvalue weighted by Gasteiger charge is -2.25. The van der Waals surface area contributed by atoms with Gasteiger partial charge in [0.05, 0.1) is 0 Å². The minimum atomic E-state index is 0.733. The molecule has 0 bridgehead atoms. The third-order valence-corrected chi connectivity index (χ3v) is 6.06. The molecule has 0 spiro atoms. The highest BCUT2D eigenvalue weighted by atomic mass is 32.2. The zero-order valence-electron chi connectivity index (χ0n) is 14.2. The second-order valence-corrected chi connectivity index (χ2v) is 7.82. The molecule has 1 fully saturated rings. The molecule has 124 valence electrons. The fourth-order valence-corrected chi connectivity index (χ4v) is 4.45. The second kappa shape index (κ2) is 6.55. The highest BCUT2D eigenvalue weighted by Crippen LogP contribution is 2.40. The molecule has 3 heterocycles. The average molecular weight is 338 g/mol. The van der Waals surface area contributed by atoms with Crippen molar-refractivity contribution in [3.63, 3.8) is 0 Å². The molecule has 0 unspecified atom stereocenters. The Hall–Kier alpha value is -1.88. The quantitative estimate of drug-likeness (QED) is 0.680. The fraction of sp³-hybridized carbons (Fsp3) is 0.421.